The van der Waals surface area contributed by atoms with E-state index in [0.717, 1.165) is 16.6 Å². The number of hydrogen-bond acceptors (Lipinski definition) is 3. The molecular formula is C35H38N2O. The van der Waals surface area contributed by atoms with E-state index in [1.165, 1.54) is 39.2 Å². The van der Waals surface area contributed by atoms with E-state index in [2.05, 4.69) is 118 Å². The fourth-order valence-electron chi connectivity index (χ4n) is 4.39. The molecule has 194 valence electrons. The Morgan fingerprint density at radius 2 is 1.24 bits per heavy atom. The monoisotopic (exact) mass is 502 g/mol. The van der Waals surface area contributed by atoms with Gasteiger partial charge < -0.3 is 4.42 Å². The van der Waals surface area contributed by atoms with Crippen LogP contribution in [0.1, 0.15) is 76.0 Å². The Labute approximate surface area is 226 Å². The summed E-state index contributed by atoms with van der Waals surface area (Å²) in [6.45, 7) is 13.2. The molecule has 2 aromatic heterocycles. The van der Waals surface area contributed by atoms with E-state index < -0.39 is 0 Å². The zero-order valence-corrected chi connectivity index (χ0v) is 23.3. The summed E-state index contributed by atoms with van der Waals surface area (Å²) < 4.78 is 5.14. The lowest BCUT2D eigenvalue weighted by atomic mass is 9.96. The predicted molar refractivity (Wildman–Crippen MR) is 162 cm³/mol. The van der Waals surface area contributed by atoms with Crippen molar-refractivity contribution >= 4 is 32.8 Å². The molecule has 0 aliphatic heterocycles. The maximum atomic E-state index is 5.14. The Morgan fingerprint density at radius 3 is 1.97 bits per heavy atom. The van der Waals surface area contributed by atoms with Crippen LogP contribution in [0.2, 0.25) is 0 Å². The quantitative estimate of drug-likeness (QED) is 0.242. The van der Waals surface area contributed by atoms with Crippen LogP contribution < -0.4 is 0 Å². The number of hydrogen-bond donors (Lipinski definition) is 0. The molecule has 38 heavy (non-hydrogen) atoms. The van der Waals surface area contributed by atoms with Crippen molar-refractivity contribution in [1.29, 1.82) is 0 Å². The van der Waals surface area contributed by atoms with Crippen molar-refractivity contribution in [3.63, 3.8) is 0 Å². The van der Waals surface area contributed by atoms with Gasteiger partial charge in [-0.15, -0.1) is 0 Å². The molecule has 0 saturated heterocycles. The van der Waals surface area contributed by atoms with Crippen LogP contribution in [-0.4, -0.2) is 9.97 Å². The van der Waals surface area contributed by atoms with E-state index in [9.17, 15) is 0 Å². The molecule has 0 atom stereocenters. The van der Waals surface area contributed by atoms with Gasteiger partial charge in [0.05, 0.1) is 5.52 Å². The maximum absolute atomic E-state index is 5.14. The van der Waals surface area contributed by atoms with E-state index in [4.69, 9.17) is 4.42 Å². The van der Waals surface area contributed by atoms with Gasteiger partial charge in [-0.1, -0.05) is 108 Å². The standard InChI is InChI=1S/C13H14.C12H13N.C10H11NO/c1-10(2)12-9-5-7-11-6-3-4-8-13(11)12;1-9(2)11-7-10-5-3-4-6-12(10)13-8-11;1-7(2)8-3-4-10-9(5-8)11-6-12-10/h3-10H,1-2H3;3-9H,1-2H3;3-7H,1-2H3. The maximum Gasteiger partial charge on any atom is 0.181 e. The van der Waals surface area contributed by atoms with Gasteiger partial charge >= 0.3 is 0 Å². The largest absolute Gasteiger partial charge is 0.443 e. The molecule has 0 fully saturated rings. The SMILES string of the molecule is CC(C)c1ccc2ocnc2c1.CC(C)c1cccc2ccccc12.CC(C)c1cnc2ccccc2c1. The highest BCUT2D eigenvalue weighted by Gasteiger charge is 2.04. The molecule has 0 aliphatic carbocycles. The third-order valence-corrected chi connectivity index (χ3v) is 6.74. The molecule has 0 radical (unpaired) electrons. The molecule has 0 bridgehead atoms. The van der Waals surface area contributed by atoms with Crippen LogP contribution in [0.25, 0.3) is 32.8 Å². The zero-order chi connectivity index (χ0) is 27.1. The third kappa shape index (κ3) is 6.66. The number of benzene rings is 4. The van der Waals surface area contributed by atoms with Crippen LogP contribution in [0.4, 0.5) is 0 Å². The Morgan fingerprint density at radius 1 is 0.553 bits per heavy atom. The van der Waals surface area contributed by atoms with Crippen molar-refractivity contribution in [3.05, 3.63) is 120 Å². The first-order chi connectivity index (χ1) is 18.3. The van der Waals surface area contributed by atoms with Gasteiger partial charge in [0.1, 0.15) is 5.52 Å². The van der Waals surface area contributed by atoms with Crippen LogP contribution in [0.15, 0.2) is 108 Å². The Bertz CT molecular complexity index is 1600. The smallest absolute Gasteiger partial charge is 0.181 e. The van der Waals surface area contributed by atoms with Gasteiger partial charge in [0.15, 0.2) is 12.0 Å². The predicted octanol–water partition coefficient (Wildman–Crippen LogP) is 10.3. The first kappa shape index (κ1) is 27.1. The molecule has 0 saturated carbocycles. The van der Waals surface area contributed by atoms with E-state index in [-0.39, 0.29) is 0 Å². The summed E-state index contributed by atoms with van der Waals surface area (Å²) in [5.41, 5.74) is 6.93. The van der Waals surface area contributed by atoms with E-state index in [0.29, 0.717) is 17.8 Å². The molecule has 3 nitrogen and oxygen atoms in total. The van der Waals surface area contributed by atoms with Gasteiger partial charge in [0.25, 0.3) is 0 Å². The molecule has 2 heterocycles. The molecule has 0 amide bonds. The molecule has 6 aromatic rings. The second kappa shape index (κ2) is 12.5. The fourth-order valence-corrected chi connectivity index (χ4v) is 4.39. The fraction of sp³-hybridized carbons (Fsp3) is 0.257. The van der Waals surface area contributed by atoms with Crippen molar-refractivity contribution in [3.8, 4) is 0 Å². The van der Waals surface area contributed by atoms with Crippen LogP contribution in [0.5, 0.6) is 0 Å². The first-order valence-electron chi connectivity index (χ1n) is 13.5. The topological polar surface area (TPSA) is 38.9 Å². The van der Waals surface area contributed by atoms with Crippen LogP contribution in [0.3, 0.4) is 0 Å². The Hall–Kier alpha value is -3.98. The van der Waals surface area contributed by atoms with Gasteiger partial charge in [-0.2, -0.15) is 0 Å². The average molecular weight is 503 g/mol. The number of aromatic nitrogens is 2. The molecule has 0 spiro atoms. The van der Waals surface area contributed by atoms with Crippen molar-refractivity contribution < 1.29 is 4.42 Å². The van der Waals surface area contributed by atoms with Gasteiger partial charge in [0.2, 0.25) is 0 Å². The number of nitrogens with zero attached hydrogens (tertiary/aromatic N) is 2. The highest BCUT2D eigenvalue weighted by atomic mass is 16.3. The van der Waals surface area contributed by atoms with E-state index in [1.807, 2.05) is 30.5 Å². The van der Waals surface area contributed by atoms with Gasteiger partial charge in [-0.3, -0.25) is 4.98 Å². The lowest BCUT2D eigenvalue weighted by Gasteiger charge is -2.08. The normalized spacial score (nSPS) is 11.1. The number of para-hydroxylation sites is 1. The summed E-state index contributed by atoms with van der Waals surface area (Å²) in [7, 11) is 0. The molecule has 0 N–H and O–H groups in total. The van der Waals surface area contributed by atoms with Crippen molar-refractivity contribution in [2.45, 2.75) is 59.3 Å². The van der Waals surface area contributed by atoms with Gasteiger partial charge in [-0.05, 0) is 69.5 Å². The first-order valence-corrected chi connectivity index (χ1v) is 13.5. The second-order valence-electron chi connectivity index (χ2n) is 10.6. The summed E-state index contributed by atoms with van der Waals surface area (Å²) >= 11 is 0. The van der Waals surface area contributed by atoms with Gasteiger partial charge in [0, 0.05) is 11.6 Å². The summed E-state index contributed by atoms with van der Waals surface area (Å²) in [6, 6.07) is 31.6. The number of pyridine rings is 1. The summed E-state index contributed by atoms with van der Waals surface area (Å²) in [5, 5.41) is 3.96. The average Bonchev–Trinajstić information content (AvgIpc) is 3.41. The van der Waals surface area contributed by atoms with Crippen LogP contribution in [0, 0.1) is 0 Å². The summed E-state index contributed by atoms with van der Waals surface area (Å²) in [6.07, 6.45) is 3.45. The summed E-state index contributed by atoms with van der Waals surface area (Å²) in [4.78, 5) is 8.50. The molecule has 0 unspecified atom stereocenters. The second-order valence-corrected chi connectivity index (χ2v) is 10.6. The number of rotatable bonds is 3. The minimum absolute atomic E-state index is 0.547. The van der Waals surface area contributed by atoms with Crippen molar-refractivity contribution in [1.82, 2.24) is 9.97 Å². The minimum Gasteiger partial charge on any atom is -0.443 e. The van der Waals surface area contributed by atoms with Crippen LogP contribution in [-0.2, 0) is 0 Å². The Balaban J connectivity index is 0.000000133. The zero-order valence-electron chi connectivity index (χ0n) is 23.3. The third-order valence-electron chi connectivity index (χ3n) is 6.74. The highest BCUT2D eigenvalue weighted by Crippen LogP contribution is 2.25. The molecule has 6 rings (SSSR count). The van der Waals surface area contributed by atoms with E-state index >= 15 is 0 Å². The van der Waals surface area contributed by atoms with Gasteiger partial charge in [-0.25, -0.2) is 4.98 Å². The molecule has 4 aromatic carbocycles. The molecular weight excluding hydrogens is 464 g/mol. The number of oxazole rings is 1. The van der Waals surface area contributed by atoms with E-state index in [1.54, 1.807) is 0 Å². The van der Waals surface area contributed by atoms with Crippen LogP contribution >= 0.6 is 0 Å². The minimum atomic E-state index is 0.547. The lowest BCUT2D eigenvalue weighted by Crippen LogP contribution is -1.88. The molecule has 3 heteroatoms. The highest BCUT2D eigenvalue weighted by molar-refractivity contribution is 5.86. The Kier molecular flexibility index (Phi) is 8.91. The van der Waals surface area contributed by atoms with Crippen molar-refractivity contribution in [2.24, 2.45) is 0 Å². The summed E-state index contributed by atoms with van der Waals surface area (Å²) in [5.74, 6) is 1.70. The number of fused-ring (bicyclic) bond motifs is 3. The van der Waals surface area contributed by atoms with Crippen molar-refractivity contribution in [2.75, 3.05) is 0 Å². The lowest BCUT2D eigenvalue weighted by molar-refractivity contribution is 0.602. The molecule has 0 aliphatic rings.